The number of anilines is 1. The molecule has 7 heteroatoms. The summed E-state index contributed by atoms with van der Waals surface area (Å²) in [4.78, 5) is 12.7. The number of halogens is 2. The lowest BCUT2D eigenvalue weighted by atomic mass is 10.1. The second-order valence-electron chi connectivity index (χ2n) is 8.96. The van der Waals surface area contributed by atoms with Crippen molar-refractivity contribution in [2.24, 2.45) is 0 Å². The largest absolute Gasteiger partial charge is 0.489 e. The quantitative estimate of drug-likeness (QED) is 0.154. The van der Waals surface area contributed by atoms with Crippen LogP contribution in [-0.4, -0.2) is 5.91 Å². The maximum Gasteiger partial charge on any atom is 0.266 e. The van der Waals surface area contributed by atoms with Crippen LogP contribution in [0.4, 0.5) is 5.69 Å². The highest BCUT2D eigenvalue weighted by atomic mass is 79.9. The van der Waals surface area contributed by atoms with Gasteiger partial charge < -0.3 is 14.8 Å². The van der Waals surface area contributed by atoms with Crippen LogP contribution in [0.3, 0.4) is 0 Å². The molecule has 0 bridgehead atoms. The highest BCUT2D eigenvalue weighted by Crippen LogP contribution is 2.28. The van der Waals surface area contributed by atoms with Crippen molar-refractivity contribution >= 4 is 45.2 Å². The van der Waals surface area contributed by atoms with Crippen molar-refractivity contribution in [3.63, 3.8) is 0 Å². The number of carbonyl (C=O) groups is 1. The summed E-state index contributed by atoms with van der Waals surface area (Å²) in [5, 5.41) is 12.7. The van der Waals surface area contributed by atoms with Crippen molar-refractivity contribution in [3.8, 4) is 17.6 Å². The van der Waals surface area contributed by atoms with E-state index in [9.17, 15) is 10.1 Å². The SMILES string of the molecule is Cc1ccc(COc2ccc(/C=C(\C#N)C(=O)Nc3ccc(OCc4ccc(Br)cc4)cc3)cc2Cl)cc1C. The Labute approximate surface area is 241 Å². The molecule has 0 atom stereocenters. The minimum absolute atomic E-state index is 0.0505. The summed E-state index contributed by atoms with van der Waals surface area (Å²) >= 11 is 9.84. The molecule has 0 unspecified atom stereocenters. The smallest absolute Gasteiger partial charge is 0.266 e. The molecule has 0 aliphatic rings. The molecule has 196 valence electrons. The summed E-state index contributed by atoms with van der Waals surface area (Å²) < 4.78 is 12.7. The molecule has 0 spiro atoms. The van der Waals surface area contributed by atoms with Crippen LogP contribution >= 0.6 is 27.5 Å². The molecule has 0 aliphatic heterocycles. The zero-order valence-corrected chi connectivity index (χ0v) is 23.8. The van der Waals surface area contributed by atoms with Crippen molar-refractivity contribution in [2.45, 2.75) is 27.1 Å². The first-order chi connectivity index (χ1) is 18.8. The van der Waals surface area contributed by atoms with Crippen LogP contribution < -0.4 is 14.8 Å². The number of carbonyl (C=O) groups excluding carboxylic acids is 1. The lowest BCUT2D eigenvalue weighted by Crippen LogP contribution is -2.13. The average molecular weight is 602 g/mol. The molecule has 39 heavy (non-hydrogen) atoms. The van der Waals surface area contributed by atoms with Gasteiger partial charge in [0.25, 0.3) is 5.91 Å². The molecule has 5 nitrogen and oxygen atoms in total. The number of nitrogens with zero attached hydrogens (tertiary/aromatic N) is 1. The molecular formula is C32H26BrClN2O3. The topological polar surface area (TPSA) is 71.3 Å². The summed E-state index contributed by atoms with van der Waals surface area (Å²) in [6, 6.07) is 28.1. The van der Waals surface area contributed by atoms with Crippen LogP contribution in [0.15, 0.2) is 95.0 Å². The fourth-order valence-electron chi connectivity index (χ4n) is 3.67. The molecule has 1 amide bonds. The third kappa shape index (κ3) is 7.97. The minimum Gasteiger partial charge on any atom is -0.489 e. The summed E-state index contributed by atoms with van der Waals surface area (Å²) in [6.07, 6.45) is 1.49. The maximum absolute atomic E-state index is 12.7. The highest BCUT2D eigenvalue weighted by Gasteiger charge is 2.11. The van der Waals surface area contributed by atoms with Gasteiger partial charge in [-0.05, 0) is 96.3 Å². The van der Waals surface area contributed by atoms with Gasteiger partial charge in [0, 0.05) is 10.2 Å². The van der Waals surface area contributed by atoms with Gasteiger partial charge in [0.05, 0.1) is 5.02 Å². The molecule has 4 aromatic rings. The van der Waals surface area contributed by atoms with Gasteiger partial charge >= 0.3 is 0 Å². The van der Waals surface area contributed by atoms with E-state index < -0.39 is 5.91 Å². The van der Waals surface area contributed by atoms with Crippen LogP contribution in [0.25, 0.3) is 6.08 Å². The fraction of sp³-hybridized carbons (Fsp3) is 0.125. The Balaban J connectivity index is 1.35. The lowest BCUT2D eigenvalue weighted by molar-refractivity contribution is -0.112. The van der Waals surface area contributed by atoms with E-state index in [1.807, 2.05) is 36.4 Å². The molecule has 0 radical (unpaired) electrons. The van der Waals surface area contributed by atoms with Crippen LogP contribution in [0.5, 0.6) is 11.5 Å². The van der Waals surface area contributed by atoms with Gasteiger partial charge in [-0.3, -0.25) is 4.79 Å². The first-order valence-corrected chi connectivity index (χ1v) is 13.4. The molecular weight excluding hydrogens is 576 g/mol. The molecule has 0 fully saturated rings. The van der Waals surface area contributed by atoms with Gasteiger partial charge in [0.1, 0.15) is 36.4 Å². The highest BCUT2D eigenvalue weighted by molar-refractivity contribution is 9.10. The van der Waals surface area contributed by atoms with Crippen LogP contribution in [0.1, 0.15) is 27.8 Å². The fourth-order valence-corrected chi connectivity index (χ4v) is 4.18. The summed E-state index contributed by atoms with van der Waals surface area (Å²) in [5.74, 6) is 0.672. The number of amides is 1. The van der Waals surface area contributed by atoms with Gasteiger partial charge in [0.2, 0.25) is 0 Å². The Morgan fingerprint density at radius 2 is 1.59 bits per heavy atom. The van der Waals surface area contributed by atoms with Crippen molar-refractivity contribution in [1.29, 1.82) is 5.26 Å². The van der Waals surface area contributed by atoms with Crippen molar-refractivity contribution in [3.05, 3.63) is 128 Å². The monoisotopic (exact) mass is 600 g/mol. The number of benzene rings is 4. The summed E-state index contributed by atoms with van der Waals surface area (Å²) in [7, 11) is 0. The zero-order chi connectivity index (χ0) is 27.8. The van der Waals surface area contributed by atoms with Gasteiger partial charge in [-0.2, -0.15) is 5.26 Å². The van der Waals surface area contributed by atoms with Crippen LogP contribution in [0, 0.1) is 25.2 Å². The van der Waals surface area contributed by atoms with Gasteiger partial charge in [-0.15, -0.1) is 0 Å². The molecule has 0 aromatic heterocycles. The van der Waals surface area contributed by atoms with E-state index >= 15 is 0 Å². The molecule has 0 heterocycles. The van der Waals surface area contributed by atoms with E-state index in [1.165, 1.54) is 17.2 Å². The normalized spacial score (nSPS) is 11.0. The predicted octanol–water partition coefficient (Wildman–Crippen LogP) is 8.42. The Hall–Kier alpha value is -4.05. The van der Waals surface area contributed by atoms with E-state index in [0.717, 1.165) is 15.6 Å². The van der Waals surface area contributed by atoms with Gasteiger partial charge in [-0.1, -0.05) is 63.9 Å². The van der Waals surface area contributed by atoms with Gasteiger partial charge in [-0.25, -0.2) is 0 Å². The van der Waals surface area contributed by atoms with Gasteiger partial charge in [0.15, 0.2) is 0 Å². The standard InChI is InChI=1S/C32H26BrClN2O3/c1-21-3-4-25(15-22(21)2)20-39-31-14-7-24(17-30(31)34)16-26(18-35)32(37)36-28-10-12-29(13-11-28)38-19-23-5-8-27(33)9-6-23/h3-17H,19-20H2,1-2H3,(H,36,37)/b26-16+. The van der Waals surface area contributed by atoms with E-state index in [-0.39, 0.29) is 5.57 Å². The van der Waals surface area contributed by atoms with E-state index in [4.69, 9.17) is 21.1 Å². The first-order valence-electron chi connectivity index (χ1n) is 12.2. The molecule has 0 saturated carbocycles. The number of rotatable bonds is 9. The predicted molar refractivity (Wildman–Crippen MR) is 159 cm³/mol. The third-order valence-corrected chi connectivity index (χ3v) is 6.85. The average Bonchev–Trinajstić information content (AvgIpc) is 2.93. The zero-order valence-electron chi connectivity index (χ0n) is 21.5. The number of hydrogen-bond acceptors (Lipinski definition) is 4. The molecule has 0 aliphatic carbocycles. The first kappa shape index (κ1) is 28.0. The van der Waals surface area contributed by atoms with Crippen LogP contribution in [0.2, 0.25) is 5.02 Å². The van der Waals surface area contributed by atoms with Crippen molar-refractivity contribution in [1.82, 2.24) is 0 Å². The summed E-state index contributed by atoms with van der Waals surface area (Å²) in [6.45, 7) is 4.94. The lowest BCUT2D eigenvalue weighted by Gasteiger charge is -2.10. The Morgan fingerprint density at radius 3 is 2.26 bits per heavy atom. The maximum atomic E-state index is 12.7. The Bertz CT molecular complexity index is 1540. The number of nitriles is 1. The second-order valence-corrected chi connectivity index (χ2v) is 10.3. The molecule has 0 saturated heterocycles. The van der Waals surface area contributed by atoms with E-state index in [0.29, 0.717) is 41.0 Å². The number of hydrogen-bond donors (Lipinski definition) is 1. The van der Waals surface area contributed by atoms with Crippen LogP contribution in [-0.2, 0) is 18.0 Å². The molecule has 4 aromatic carbocycles. The molecule has 1 N–H and O–H groups in total. The Kier molecular flexibility index (Phi) is 9.43. The van der Waals surface area contributed by atoms with Crippen molar-refractivity contribution < 1.29 is 14.3 Å². The third-order valence-electron chi connectivity index (χ3n) is 6.03. The number of aryl methyl sites for hydroxylation is 2. The minimum atomic E-state index is -0.521. The molecule has 4 rings (SSSR count). The van der Waals surface area contributed by atoms with Crippen molar-refractivity contribution in [2.75, 3.05) is 5.32 Å². The van der Waals surface area contributed by atoms with E-state index in [2.05, 4.69) is 47.2 Å². The Morgan fingerprint density at radius 1 is 0.897 bits per heavy atom. The summed E-state index contributed by atoms with van der Waals surface area (Å²) in [5.41, 5.74) is 5.62. The second kappa shape index (κ2) is 13.1. The van der Waals surface area contributed by atoms with E-state index in [1.54, 1.807) is 42.5 Å². The number of nitrogens with one attached hydrogen (secondary N) is 1. The number of ether oxygens (including phenoxy) is 2.